The van der Waals surface area contributed by atoms with Crippen molar-refractivity contribution in [2.45, 2.75) is 11.8 Å². The number of allylic oxidation sites excluding steroid dienone is 1. The summed E-state index contributed by atoms with van der Waals surface area (Å²) in [7, 11) is -3.75. The van der Waals surface area contributed by atoms with Crippen molar-refractivity contribution in [1.29, 1.82) is 5.26 Å². The van der Waals surface area contributed by atoms with E-state index in [-0.39, 0.29) is 4.90 Å². The van der Waals surface area contributed by atoms with Crippen molar-refractivity contribution in [3.63, 3.8) is 0 Å². The largest absolute Gasteiger partial charge is 0.238 e. The lowest BCUT2D eigenvalue weighted by atomic mass is 10.1. The second-order valence-electron chi connectivity index (χ2n) is 5.73. The van der Waals surface area contributed by atoms with E-state index in [1.54, 1.807) is 22.9 Å². The van der Waals surface area contributed by atoms with Gasteiger partial charge in [-0.15, -0.1) is 0 Å². The number of nitriles is 1. The third-order valence-electron chi connectivity index (χ3n) is 3.81. The highest BCUT2D eigenvalue weighted by molar-refractivity contribution is 7.89. The van der Waals surface area contributed by atoms with Crippen LogP contribution in [0.15, 0.2) is 65.6 Å². The van der Waals surface area contributed by atoms with Gasteiger partial charge >= 0.3 is 0 Å². The minimum atomic E-state index is -3.75. The number of primary sulfonamides is 1. The number of aromatic nitrogens is 2. The van der Waals surface area contributed by atoms with Crippen LogP contribution in [0.5, 0.6) is 0 Å². The molecule has 0 aliphatic rings. The third-order valence-corrected chi connectivity index (χ3v) is 4.74. The summed E-state index contributed by atoms with van der Waals surface area (Å²) < 4.78 is 24.6. The Kier molecular flexibility index (Phi) is 4.71. The summed E-state index contributed by atoms with van der Waals surface area (Å²) in [6, 6.07) is 18.0. The van der Waals surface area contributed by atoms with Gasteiger partial charge in [-0.1, -0.05) is 29.8 Å². The molecule has 7 heteroatoms. The van der Waals surface area contributed by atoms with E-state index in [2.05, 4.69) is 5.10 Å². The first-order valence-corrected chi connectivity index (χ1v) is 9.29. The van der Waals surface area contributed by atoms with Gasteiger partial charge in [0.05, 0.1) is 28.0 Å². The quantitative estimate of drug-likeness (QED) is 0.719. The van der Waals surface area contributed by atoms with Gasteiger partial charge in [0.15, 0.2) is 0 Å². The van der Waals surface area contributed by atoms with Gasteiger partial charge in [0.2, 0.25) is 10.0 Å². The summed E-state index contributed by atoms with van der Waals surface area (Å²) in [6.45, 7) is 2.01. The van der Waals surface area contributed by atoms with E-state index in [9.17, 15) is 8.42 Å². The van der Waals surface area contributed by atoms with Crippen LogP contribution in [0.1, 0.15) is 11.3 Å². The van der Waals surface area contributed by atoms with Crippen LogP contribution >= 0.6 is 0 Å². The molecule has 3 aromatic rings. The van der Waals surface area contributed by atoms with Crippen LogP contribution in [-0.4, -0.2) is 18.2 Å². The number of nitrogens with two attached hydrogens (primary N) is 1. The van der Waals surface area contributed by atoms with Gasteiger partial charge in [0, 0.05) is 11.6 Å². The zero-order valence-electron chi connectivity index (χ0n) is 14.0. The first-order valence-electron chi connectivity index (χ1n) is 7.75. The van der Waals surface area contributed by atoms with Crippen LogP contribution < -0.4 is 5.14 Å². The predicted molar refractivity (Wildman–Crippen MR) is 99.8 cm³/mol. The van der Waals surface area contributed by atoms with E-state index in [1.165, 1.54) is 18.2 Å². The van der Waals surface area contributed by atoms with Crippen LogP contribution in [0.4, 0.5) is 0 Å². The number of hydrogen-bond donors (Lipinski definition) is 1. The SMILES string of the molecule is Cc1ccc(-c2cc(C=CC#N)nn2-c2ccc(S(N)(=O)=O)cc2)cc1. The van der Waals surface area contributed by atoms with Crippen molar-refractivity contribution in [1.82, 2.24) is 9.78 Å². The van der Waals surface area contributed by atoms with Crippen LogP contribution in [0.3, 0.4) is 0 Å². The van der Waals surface area contributed by atoms with Crippen molar-refractivity contribution in [3.8, 4) is 23.0 Å². The van der Waals surface area contributed by atoms with Gasteiger partial charge in [0.25, 0.3) is 0 Å². The smallest absolute Gasteiger partial charge is 0.233 e. The van der Waals surface area contributed by atoms with Crippen molar-refractivity contribution in [2.24, 2.45) is 5.14 Å². The lowest BCUT2D eigenvalue weighted by Gasteiger charge is -2.08. The normalized spacial score (nSPS) is 11.6. The molecule has 0 bridgehead atoms. The minimum Gasteiger partial charge on any atom is -0.233 e. The van der Waals surface area contributed by atoms with Gasteiger partial charge in [-0.3, -0.25) is 0 Å². The lowest BCUT2D eigenvalue weighted by Crippen LogP contribution is -2.12. The third kappa shape index (κ3) is 3.72. The minimum absolute atomic E-state index is 0.0369. The van der Waals surface area contributed by atoms with Crippen molar-refractivity contribution in [3.05, 3.63) is 71.9 Å². The van der Waals surface area contributed by atoms with E-state index in [1.807, 2.05) is 43.3 Å². The Morgan fingerprint density at radius 2 is 1.77 bits per heavy atom. The zero-order chi connectivity index (χ0) is 18.7. The molecular weight excluding hydrogens is 348 g/mol. The van der Waals surface area contributed by atoms with Crippen LogP contribution in [-0.2, 0) is 10.0 Å². The maximum absolute atomic E-state index is 11.4. The highest BCUT2D eigenvalue weighted by Crippen LogP contribution is 2.25. The van der Waals surface area contributed by atoms with Gasteiger partial charge in [-0.05, 0) is 43.3 Å². The second-order valence-corrected chi connectivity index (χ2v) is 7.30. The van der Waals surface area contributed by atoms with Gasteiger partial charge in [-0.25, -0.2) is 18.2 Å². The zero-order valence-corrected chi connectivity index (χ0v) is 14.8. The molecule has 0 saturated carbocycles. The molecule has 1 aromatic heterocycles. The number of benzene rings is 2. The first-order chi connectivity index (χ1) is 12.4. The Hall–Kier alpha value is -3.21. The average Bonchev–Trinajstić information content (AvgIpc) is 3.04. The number of hydrogen-bond acceptors (Lipinski definition) is 4. The Balaban J connectivity index is 2.13. The van der Waals surface area contributed by atoms with Gasteiger partial charge < -0.3 is 0 Å². The molecule has 2 aromatic carbocycles. The Bertz CT molecular complexity index is 1100. The molecule has 130 valence electrons. The maximum atomic E-state index is 11.4. The number of aryl methyl sites for hydroxylation is 1. The molecule has 3 rings (SSSR count). The first kappa shape index (κ1) is 17.6. The fourth-order valence-corrected chi connectivity index (χ4v) is 3.02. The van der Waals surface area contributed by atoms with Crippen LogP contribution in [0, 0.1) is 18.3 Å². The molecule has 2 N–H and O–H groups in total. The molecule has 6 nitrogen and oxygen atoms in total. The molecule has 0 spiro atoms. The molecule has 0 radical (unpaired) electrons. The topological polar surface area (TPSA) is 102 Å². The molecular formula is C19H16N4O2S. The highest BCUT2D eigenvalue weighted by atomic mass is 32.2. The molecule has 0 aliphatic heterocycles. The molecule has 26 heavy (non-hydrogen) atoms. The standard InChI is InChI=1S/C19H16N4O2S/c1-14-4-6-15(7-5-14)19-13-16(3-2-12-20)22-23(19)17-8-10-18(11-9-17)26(21,24)25/h2-11,13H,1H3,(H2,21,24,25). The summed E-state index contributed by atoms with van der Waals surface area (Å²) in [6.07, 6.45) is 2.97. The van der Waals surface area contributed by atoms with E-state index in [4.69, 9.17) is 10.4 Å². The van der Waals surface area contributed by atoms with Crippen molar-refractivity contribution < 1.29 is 8.42 Å². The van der Waals surface area contributed by atoms with Gasteiger partial charge in [-0.2, -0.15) is 10.4 Å². The molecule has 0 amide bonds. The van der Waals surface area contributed by atoms with E-state index in [0.717, 1.165) is 16.8 Å². The molecule has 0 atom stereocenters. The Labute approximate surface area is 151 Å². The van der Waals surface area contributed by atoms with E-state index in [0.29, 0.717) is 11.4 Å². The van der Waals surface area contributed by atoms with Crippen LogP contribution in [0.25, 0.3) is 23.0 Å². The number of rotatable bonds is 4. The Morgan fingerprint density at radius 1 is 1.12 bits per heavy atom. The average molecular weight is 364 g/mol. The summed E-state index contributed by atoms with van der Waals surface area (Å²) in [5.74, 6) is 0. The summed E-state index contributed by atoms with van der Waals surface area (Å²) in [5, 5.41) is 18.4. The van der Waals surface area contributed by atoms with E-state index < -0.39 is 10.0 Å². The second kappa shape index (κ2) is 6.96. The molecule has 0 unspecified atom stereocenters. The summed E-state index contributed by atoms with van der Waals surface area (Å²) in [5.41, 5.74) is 4.23. The highest BCUT2D eigenvalue weighted by Gasteiger charge is 2.12. The van der Waals surface area contributed by atoms with Crippen molar-refractivity contribution >= 4 is 16.1 Å². The monoisotopic (exact) mass is 364 g/mol. The fraction of sp³-hybridized carbons (Fsp3) is 0.0526. The molecule has 0 aliphatic carbocycles. The number of nitrogens with zero attached hydrogens (tertiary/aromatic N) is 3. The lowest BCUT2D eigenvalue weighted by molar-refractivity contribution is 0.598. The number of sulfonamides is 1. The maximum Gasteiger partial charge on any atom is 0.238 e. The van der Waals surface area contributed by atoms with Gasteiger partial charge in [0.1, 0.15) is 0 Å². The van der Waals surface area contributed by atoms with Crippen LogP contribution in [0.2, 0.25) is 0 Å². The van der Waals surface area contributed by atoms with E-state index >= 15 is 0 Å². The molecule has 0 fully saturated rings. The van der Waals surface area contributed by atoms with Crippen molar-refractivity contribution in [2.75, 3.05) is 0 Å². The molecule has 0 saturated heterocycles. The summed E-state index contributed by atoms with van der Waals surface area (Å²) >= 11 is 0. The predicted octanol–water partition coefficient (Wildman–Crippen LogP) is 3.03. The summed E-state index contributed by atoms with van der Waals surface area (Å²) in [4.78, 5) is 0.0369. The fourth-order valence-electron chi connectivity index (χ4n) is 2.51. The Morgan fingerprint density at radius 3 is 2.35 bits per heavy atom. The molecule has 1 heterocycles.